The lowest BCUT2D eigenvalue weighted by atomic mass is 9.86. The molecule has 5 heteroatoms. The highest BCUT2D eigenvalue weighted by Crippen LogP contribution is 2.27. The summed E-state index contributed by atoms with van der Waals surface area (Å²) in [6, 6.07) is 10.8. The van der Waals surface area contributed by atoms with Crippen LogP contribution in [0.3, 0.4) is 0 Å². The molecule has 130 valence electrons. The van der Waals surface area contributed by atoms with Crippen LogP contribution >= 0.6 is 0 Å². The van der Waals surface area contributed by atoms with E-state index in [1.165, 1.54) is 5.56 Å². The maximum absolute atomic E-state index is 9.28. The van der Waals surface area contributed by atoms with Crippen LogP contribution in [0.1, 0.15) is 31.2 Å². The zero-order valence-electron chi connectivity index (χ0n) is 14.5. The molecule has 25 heavy (non-hydrogen) atoms. The molecule has 0 atom stereocenters. The lowest BCUT2D eigenvalue weighted by Gasteiger charge is -2.28. The van der Waals surface area contributed by atoms with Crippen molar-refractivity contribution >= 4 is 11.5 Å². The molecule has 2 aromatic heterocycles. The minimum absolute atomic E-state index is 0.312. The third-order valence-corrected chi connectivity index (χ3v) is 5.16. The van der Waals surface area contributed by atoms with Crippen molar-refractivity contribution in [3.63, 3.8) is 0 Å². The number of anilines is 1. The lowest BCUT2D eigenvalue weighted by Crippen LogP contribution is -2.27. The molecular formula is C20H24N4O. The van der Waals surface area contributed by atoms with E-state index in [0.29, 0.717) is 18.6 Å². The number of fused-ring (bicyclic) bond motifs is 1. The van der Waals surface area contributed by atoms with Crippen molar-refractivity contribution in [1.29, 1.82) is 0 Å². The van der Waals surface area contributed by atoms with Crippen molar-refractivity contribution in [2.45, 2.75) is 38.6 Å². The van der Waals surface area contributed by atoms with Crippen molar-refractivity contribution in [3.05, 3.63) is 48.3 Å². The normalized spacial score (nSPS) is 20.7. The van der Waals surface area contributed by atoms with Gasteiger partial charge in [0.25, 0.3) is 0 Å². The third kappa shape index (κ3) is 3.37. The van der Waals surface area contributed by atoms with Gasteiger partial charge >= 0.3 is 0 Å². The molecule has 5 nitrogen and oxygen atoms in total. The van der Waals surface area contributed by atoms with E-state index in [9.17, 15) is 5.11 Å². The number of aliphatic hydroxyl groups excluding tert-OH is 1. The molecule has 1 aliphatic carbocycles. The second kappa shape index (κ2) is 6.84. The van der Waals surface area contributed by atoms with Gasteiger partial charge in [0.15, 0.2) is 5.65 Å². The predicted octanol–water partition coefficient (Wildman–Crippen LogP) is 3.67. The summed E-state index contributed by atoms with van der Waals surface area (Å²) in [6.45, 7) is 2.41. The SMILES string of the molecule is Cc1cccc(-c2cnn3ccc(NC4CCC(CO)CC4)nc23)c1. The average Bonchev–Trinajstić information content (AvgIpc) is 3.06. The van der Waals surface area contributed by atoms with Gasteiger partial charge in [0.1, 0.15) is 5.82 Å². The van der Waals surface area contributed by atoms with Crippen LogP contribution in [0, 0.1) is 12.8 Å². The van der Waals surface area contributed by atoms with Gasteiger partial charge in [-0.05, 0) is 50.2 Å². The molecule has 0 spiro atoms. The quantitative estimate of drug-likeness (QED) is 0.763. The molecular weight excluding hydrogens is 312 g/mol. The molecule has 0 radical (unpaired) electrons. The Morgan fingerprint density at radius 3 is 2.80 bits per heavy atom. The fourth-order valence-electron chi connectivity index (χ4n) is 3.66. The molecule has 0 saturated heterocycles. The Morgan fingerprint density at radius 2 is 2.04 bits per heavy atom. The van der Waals surface area contributed by atoms with Gasteiger partial charge in [-0.15, -0.1) is 0 Å². The smallest absolute Gasteiger partial charge is 0.165 e. The average molecular weight is 336 g/mol. The van der Waals surface area contributed by atoms with Gasteiger partial charge in [0.2, 0.25) is 0 Å². The summed E-state index contributed by atoms with van der Waals surface area (Å²) >= 11 is 0. The Morgan fingerprint density at radius 1 is 1.20 bits per heavy atom. The maximum atomic E-state index is 9.28. The van der Waals surface area contributed by atoms with Gasteiger partial charge in [-0.2, -0.15) is 5.10 Å². The summed E-state index contributed by atoms with van der Waals surface area (Å²) in [5, 5.41) is 17.3. The van der Waals surface area contributed by atoms with Crippen molar-refractivity contribution < 1.29 is 5.11 Å². The van der Waals surface area contributed by atoms with Crippen molar-refractivity contribution in [2.24, 2.45) is 5.92 Å². The lowest BCUT2D eigenvalue weighted by molar-refractivity contribution is 0.185. The molecule has 1 aromatic carbocycles. The Hall–Kier alpha value is -2.40. The summed E-state index contributed by atoms with van der Waals surface area (Å²) in [5.74, 6) is 1.37. The summed E-state index contributed by atoms with van der Waals surface area (Å²) in [5.41, 5.74) is 4.30. The van der Waals surface area contributed by atoms with E-state index in [1.54, 1.807) is 0 Å². The van der Waals surface area contributed by atoms with Crippen LogP contribution in [-0.4, -0.2) is 32.4 Å². The predicted molar refractivity (Wildman–Crippen MR) is 99.6 cm³/mol. The van der Waals surface area contributed by atoms with Crippen molar-refractivity contribution in [3.8, 4) is 11.1 Å². The molecule has 1 aliphatic rings. The first-order valence-corrected chi connectivity index (χ1v) is 9.02. The first-order valence-electron chi connectivity index (χ1n) is 9.02. The summed E-state index contributed by atoms with van der Waals surface area (Å²) in [4.78, 5) is 4.81. The van der Waals surface area contributed by atoms with Crippen LogP contribution in [-0.2, 0) is 0 Å². The van der Waals surface area contributed by atoms with Crippen LogP contribution in [0.2, 0.25) is 0 Å². The second-order valence-electron chi connectivity index (χ2n) is 7.05. The standard InChI is InChI=1S/C20H24N4O/c1-14-3-2-4-16(11-14)18-12-21-24-10-9-19(23-20(18)24)22-17-7-5-15(13-25)6-8-17/h2-4,9-12,15,17,25H,5-8,13H2,1H3,(H,22,23). The molecule has 4 rings (SSSR count). The van der Waals surface area contributed by atoms with Gasteiger partial charge in [-0.1, -0.05) is 29.8 Å². The van der Waals surface area contributed by atoms with E-state index in [2.05, 4.69) is 41.6 Å². The monoisotopic (exact) mass is 336 g/mol. The van der Waals surface area contributed by atoms with Gasteiger partial charge in [0, 0.05) is 24.4 Å². The van der Waals surface area contributed by atoms with E-state index in [-0.39, 0.29) is 0 Å². The minimum Gasteiger partial charge on any atom is -0.396 e. The molecule has 2 N–H and O–H groups in total. The van der Waals surface area contributed by atoms with Gasteiger partial charge < -0.3 is 10.4 Å². The Kier molecular flexibility index (Phi) is 4.40. The molecule has 0 unspecified atom stereocenters. The van der Waals surface area contributed by atoms with Gasteiger partial charge in [0.05, 0.1) is 6.20 Å². The van der Waals surface area contributed by atoms with Crippen molar-refractivity contribution in [1.82, 2.24) is 14.6 Å². The first-order chi connectivity index (χ1) is 12.2. The number of hydrogen-bond donors (Lipinski definition) is 2. The van der Waals surface area contributed by atoms with Gasteiger partial charge in [-0.3, -0.25) is 0 Å². The highest BCUT2D eigenvalue weighted by atomic mass is 16.3. The number of hydrogen-bond acceptors (Lipinski definition) is 4. The van der Waals surface area contributed by atoms with Crippen LogP contribution in [0.4, 0.5) is 5.82 Å². The van der Waals surface area contributed by atoms with E-state index in [0.717, 1.165) is 48.3 Å². The summed E-state index contributed by atoms with van der Waals surface area (Å²) in [7, 11) is 0. The first kappa shape index (κ1) is 16.1. The number of nitrogens with one attached hydrogen (secondary N) is 1. The van der Waals surface area contributed by atoms with E-state index >= 15 is 0 Å². The van der Waals surface area contributed by atoms with E-state index in [4.69, 9.17) is 4.98 Å². The van der Waals surface area contributed by atoms with E-state index in [1.807, 2.05) is 23.0 Å². The Labute approximate surface area is 147 Å². The number of aliphatic hydroxyl groups is 1. The highest BCUT2D eigenvalue weighted by molar-refractivity contribution is 5.78. The number of benzene rings is 1. The fraction of sp³-hybridized carbons (Fsp3) is 0.400. The molecule has 0 amide bonds. The zero-order chi connectivity index (χ0) is 17.2. The summed E-state index contributed by atoms with van der Waals surface area (Å²) < 4.78 is 1.82. The van der Waals surface area contributed by atoms with Crippen LogP contribution in [0.15, 0.2) is 42.7 Å². The molecule has 3 aromatic rings. The van der Waals surface area contributed by atoms with Crippen molar-refractivity contribution in [2.75, 3.05) is 11.9 Å². The van der Waals surface area contributed by atoms with Crippen LogP contribution in [0.25, 0.3) is 16.8 Å². The molecule has 2 heterocycles. The van der Waals surface area contributed by atoms with E-state index < -0.39 is 0 Å². The highest BCUT2D eigenvalue weighted by Gasteiger charge is 2.21. The fourth-order valence-corrected chi connectivity index (χ4v) is 3.66. The molecule has 1 saturated carbocycles. The Bertz CT molecular complexity index is 865. The topological polar surface area (TPSA) is 62.5 Å². The number of rotatable bonds is 4. The molecule has 0 bridgehead atoms. The van der Waals surface area contributed by atoms with Crippen LogP contribution < -0.4 is 5.32 Å². The Balaban J connectivity index is 1.58. The molecule has 0 aliphatic heterocycles. The zero-order valence-corrected chi connectivity index (χ0v) is 14.5. The third-order valence-electron chi connectivity index (χ3n) is 5.16. The number of aromatic nitrogens is 3. The summed E-state index contributed by atoms with van der Waals surface area (Å²) in [6.07, 6.45) is 8.18. The molecule has 1 fully saturated rings. The number of aryl methyl sites for hydroxylation is 1. The minimum atomic E-state index is 0.312. The van der Waals surface area contributed by atoms with Crippen LogP contribution in [0.5, 0.6) is 0 Å². The van der Waals surface area contributed by atoms with Gasteiger partial charge in [-0.25, -0.2) is 9.50 Å². The number of nitrogens with zero attached hydrogens (tertiary/aromatic N) is 3. The largest absolute Gasteiger partial charge is 0.396 e. The second-order valence-corrected chi connectivity index (χ2v) is 7.05. The maximum Gasteiger partial charge on any atom is 0.165 e.